The SMILES string of the molecule is CC(C)Oc1ccc(F)c(F)c1N1C(=O)C2(CCCNC2)c2ccccc21. The molecule has 2 aromatic carbocycles. The minimum absolute atomic E-state index is 0.149. The second kappa shape index (κ2) is 6.60. The number of halogens is 2. The molecule has 0 bridgehead atoms. The molecule has 1 spiro atoms. The minimum Gasteiger partial charge on any atom is -0.489 e. The monoisotopic (exact) mass is 372 g/mol. The fourth-order valence-electron chi connectivity index (χ4n) is 4.13. The molecule has 4 rings (SSSR count). The highest BCUT2D eigenvalue weighted by Crippen LogP contribution is 2.51. The molecule has 2 aliphatic rings. The van der Waals surface area contributed by atoms with Crippen LogP contribution in [0.15, 0.2) is 36.4 Å². The van der Waals surface area contributed by atoms with E-state index >= 15 is 0 Å². The van der Waals surface area contributed by atoms with E-state index in [0.29, 0.717) is 18.7 Å². The van der Waals surface area contributed by atoms with E-state index in [4.69, 9.17) is 4.74 Å². The Hall–Kier alpha value is -2.47. The van der Waals surface area contributed by atoms with Crippen molar-refractivity contribution in [2.45, 2.75) is 38.2 Å². The predicted octanol–water partition coefficient (Wildman–Crippen LogP) is 4.05. The molecule has 0 aromatic heterocycles. The number of amides is 1. The molecule has 142 valence electrons. The fraction of sp³-hybridized carbons (Fsp3) is 0.381. The maximum absolute atomic E-state index is 14.9. The van der Waals surface area contributed by atoms with Crippen molar-refractivity contribution in [3.8, 4) is 5.75 Å². The number of hydrogen-bond donors (Lipinski definition) is 1. The smallest absolute Gasteiger partial charge is 0.243 e. The molecule has 0 saturated carbocycles. The molecule has 1 amide bonds. The van der Waals surface area contributed by atoms with E-state index in [9.17, 15) is 13.6 Å². The van der Waals surface area contributed by atoms with Gasteiger partial charge in [0.2, 0.25) is 5.91 Å². The first kappa shape index (κ1) is 17.9. The second-order valence-corrected chi connectivity index (χ2v) is 7.39. The van der Waals surface area contributed by atoms with Crippen LogP contribution in [0.2, 0.25) is 0 Å². The Morgan fingerprint density at radius 1 is 1.19 bits per heavy atom. The van der Waals surface area contributed by atoms with Gasteiger partial charge in [-0.1, -0.05) is 18.2 Å². The van der Waals surface area contributed by atoms with Crippen molar-refractivity contribution >= 4 is 17.3 Å². The number of para-hydroxylation sites is 1. The summed E-state index contributed by atoms with van der Waals surface area (Å²) in [5, 5.41) is 3.29. The van der Waals surface area contributed by atoms with E-state index in [1.165, 1.54) is 11.0 Å². The minimum atomic E-state index is -1.07. The topological polar surface area (TPSA) is 41.6 Å². The van der Waals surface area contributed by atoms with E-state index in [2.05, 4.69) is 5.32 Å². The van der Waals surface area contributed by atoms with Crippen LogP contribution in [-0.2, 0) is 10.2 Å². The Balaban J connectivity index is 1.93. The van der Waals surface area contributed by atoms with Gasteiger partial charge < -0.3 is 10.1 Å². The first-order chi connectivity index (χ1) is 13.0. The van der Waals surface area contributed by atoms with Gasteiger partial charge in [0, 0.05) is 6.54 Å². The van der Waals surface area contributed by atoms with E-state index in [1.807, 2.05) is 12.1 Å². The number of nitrogens with one attached hydrogen (secondary N) is 1. The van der Waals surface area contributed by atoms with Crippen LogP contribution in [0.3, 0.4) is 0 Å². The molecule has 0 radical (unpaired) electrons. The lowest BCUT2D eigenvalue weighted by molar-refractivity contribution is -0.123. The normalized spacial score (nSPS) is 21.8. The van der Waals surface area contributed by atoms with Gasteiger partial charge in [0.15, 0.2) is 11.6 Å². The van der Waals surface area contributed by atoms with Crippen molar-refractivity contribution in [2.24, 2.45) is 0 Å². The number of rotatable bonds is 3. The lowest BCUT2D eigenvalue weighted by atomic mass is 9.76. The molecule has 1 N–H and O–H groups in total. The first-order valence-electron chi connectivity index (χ1n) is 9.25. The van der Waals surface area contributed by atoms with Crippen molar-refractivity contribution in [1.82, 2.24) is 5.32 Å². The van der Waals surface area contributed by atoms with Crippen LogP contribution in [0.5, 0.6) is 5.75 Å². The van der Waals surface area contributed by atoms with E-state index in [1.54, 1.807) is 26.0 Å². The highest BCUT2D eigenvalue weighted by Gasteiger charge is 2.52. The lowest BCUT2D eigenvalue weighted by Gasteiger charge is -2.33. The van der Waals surface area contributed by atoms with Gasteiger partial charge in [-0.2, -0.15) is 0 Å². The molecule has 0 aliphatic carbocycles. The summed E-state index contributed by atoms with van der Waals surface area (Å²) < 4.78 is 34.7. The second-order valence-electron chi connectivity index (χ2n) is 7.39. The number of anilines is 2. The van der Waals surface area contributed by atoms with Crippen LogP contribution in [-0.4, -0.2) is 25.1 Å². The number of fused-ring (bicyclic) bond motifs is 2. The number of benzene rings is 2. The third-order valence-corrected chi connectivity index (χ3v) is 5.28. The summed E-state index contributed by atoms with van der Waals surface area (Å²) in [6.45, 7) is 4.93. The van der Waals surface area contributed by atoms with Gasteiger partial charge >= 0.3 is 0 Å². The molecule has 1 atom stereocenters. The van der Waals surface area contributed by atoms with Gasteiger partial charge in [-0.05, 0) is 57.0 Å². The average molecular weight is 372 g/mol. The maximum Gasteiger partial charge on any atom is 0.243 e. The average Bonchev–Trinajstić information content (AvgIpc) is 2.88. The summed E-state index contributed by atoms with van der Waals surface area (Å²) >= 11 is 0. The summed E-state index contributed by atoms with van der Waals surface area (Å²) in [5.41, 5.74) is 0.525. The maximum atomic E-state index is 14.9. The molecule has 4 nitrogen and oxygen atoms in total. The van der Waals surface area contributed by atoms with Crippen molar-refractivity contribution in [3.63, 3.8) is 0 Å². The highest BCUT2D eigenvalue weighted by molar-refractivity contribution is 6.14. The predicted molar refractivity (Wildman–Crippen MR) is 99.5 cm³/mol. The van der Waals surface area contributed by atoms with E-state index < -0.39 is 17.0 Å². The Kier molecular flexibility index (Phi) is 4.38. The van der Waals surface area contributed by atoms with E-state index in [-0.39, 0.29) is 23.4 Å². The number of piperidine rings is 1. The van der Waals surface area contributed by atoms with Gasteiger partial charge in [0.1, 0.15) is 11.4 Å². The lowest BCUT2D eigenvalue weighted by Crippen LogP contribution is -2.49. The summed E-state index contributed by atoms with van der Waals surface area (Å²) in [4.78, 5) is 14.9. The molecule has 1 unspecified atom stereocenters. The van der Waals surface area contributed by atoms with Crippen LogP contribution in [0, 0.1) is 11.6 Å². The summed E-state index contributed by atoms with van der Waals surface area (Å²) in [6.07, 6.45) is 1.27. The quantitative estimate of drug-likeness (QED) is 0.884. The first-order valence-corrected chi connectivity index (χ1v) is 9.25. The van der Waals surface area contributed by atoms with Crippen LogP contribution in [0.25, 0.3) is 0 Å². The van der Waals surface area contributed by atoms with Crippen molar-refractivity contribution < 1.29 is 18.3 Å². The molecular formula is C21H22F2N2O2. The Bertz CT molecular complexity index is 892. The fourth-order valence-corrected chi connectivity index (χ4v) is 4.13. The summed E-state index contributed by atoms with van der Waals surface area (Å²) in [7, 11) is 0. The number of nitrogens with zero attached hydrogens (tertiary/aromatic N) is 1. The van der Waals surface area contributed by atoms with Gasteiger partial charge in [-0.15, -0.1) is 0 Å². The Morgan fingerprint density at radius 3 is 2.67 bits per heavy atom. The number of carbonyl (C=O) groups is 1. The molecule has 1 fully saturated rings. The molecule has 27 heavy (non-hydrogen) atoms. The van der Waals surface area contributed by atoms with Crippen molar-refractivity contribution in [3.05, 3.63) is 53.6 Å². The zero-order valence-corrected chi connectivity index (χ0v) is 15.4. The highest BCUT2D eigenvalue weighted by atomic mass is 19.2. The molecular weight excluding hydrogens is 350 g/mol. The van der Waals surface area contributed by atoms with Crippen LogP contribution >= 0.6 is 0 Å². The number of ether oxygens (including phenoxy) is 1. The standard InChI is InChI=1S/C21H22F2N2O2/c1-13(2)27-17-9-8-15(22)18(23)19(17)25-16-7-4-3-6-14(16)21(20(25)26)10-5-11-24-12-21/h3-4,6-9,13,24H,5,10-12H2,1-2H3. The summed E-state index contributed by atoms with van der Waals surface area (Å²) in [5.74, 6) is -2.16. The Morgan fingerprint density at radius 2 is 1.96 bits per heavy atom. The van der Waals surface area contributed by atoms with Gasteiger partial charge in [-0.25, -0.2) is 8.78 Å². The van der Waals surface area contributed by atoms with Gasteiger partial charge in [0.25, 0.3) is 0 Å². The zero-order valence-electron chi connectivity index (χ0n) is 15.4. The molecule has 2 aliphatic heterocycles. The van der Waals surface area contributed by atoms with Gasteiger partial charge in [-0.3, -0.25) is 9.69 Å². The Labute approximate surface area is 157 Å². The third-order valence-electron chi connectivity index (χ3n) is 5.28. The van der Waals surface area contributed by atoms with Crippen molar-refractivity contribution in [2.75, 3.05) is 18.0 Å². The van der Waals surface area contributed by atoms with E-state index in [0.717, 1.165) is 24.6 Å². The van der Waals surface area contributed by atoms with Crippen molar-refractivity contribution in [1.29, 1.82) is 0 Å². The number of carbonyl (C=O) groups excluding carboxylic acids is 1. The molecule has 2 heterocycles. The molecule has 2 aromatic rings. The zero-order chi connectivity index (χ0) is 19.2. The van der Waals surface area contributed by atoms with Crippen LogP contribution in [0.1, 0.15) is 32.3 Å². The van der Waals surface area contributed by atoms with Gasteiger partial charge in [0.05, 0.1) is 17.2 Å². The number of hydrogen-bond acceptors (Lipinski definition) is 3. The van der Waals surface area contributed by atoms with Crippen LogP contribution in [0.4, 0.5) is 20.2 Å². The van der Waals surface area contributed by atoms with Crippen LogP contribution < -0.4 is 15.0 Å². The molecule has 6 heteroatoms. The summed E-state index contributed by atoms with van der Waals surface area (Å²) in [6, 6.07) is 9.77. The molecule has 1 saturated heterocycles. The largest absolute Gasteiger partial charge is 0.489 e. The third kappa shape index (κ3) is 2.70.